The van der Waals surface area contributed by atoms with Gasteiger partial charge in [-0.1, -0.05) is 35.9 Å². The van der Waals surface area contributed by atoms with Crippen LogP contribution in [0, 0.1) is 6.92 Å². The van der Waals surface area contributed by atoms with Crippen LogP contribution in [0.3, 0.4) is 0 Å². The Kier molecular flexibility index (Phi) is 6.07. The number of carbonyl (C=O) groups is 2. The van der Waals surface area contributed by atoms with E-state index < -0.39 is 5.97 Å². The molecule has 0 radical (unpaired) electrons. The first-order chi connectivity index (χ1) is 13.5. The molecule has 0 saturated carbocycles. The Morgan fingerprint density at radius 3 is 2.29 bits per heavy atom. The summed E-state index contributed by atoms with van der Waals surface area (Å²) in [6.45, 7) is 2.45. The van der Waals surface area contributed by atoms with Crippen LogP contribution in [0.15, 0.2) is 72.8 Å². The average Bonchev–Trinajstić information content (AvgIpc) is 2.73. The Labute approximate surface area is 163 Å². The molecule has 0 bridgehead atoms. The molecule has 3 rings (SSSR count). The molecule has 0 aliphatic carbocycles. The van der Waals surface area contributed by atoms with Gasteiger partial charge in [-0.2, -0.15) is 0 Å². The predicted octanol–water partition coefficient (Wildman–Crippen LogP) is 4.61. The largest absolute Gasteiger partial charge is 0.489 e. The second-order valence-corrected chi connectivity index (χ2v) is 6.33. The molecule has 1 amide bonds. The highest BCUT2D eigenvalue weighted by Crippen LogP contribution is 2.16. The zero-order valence-electron chi connectivity index (χ0n) is 15.8. The van der Waals surface area contributed by atoms with E-state index in [9.17, 15) is 9.59 Å². The van der Waals surface area contributed by atoms with E-state index in [4.69, 9.17) is 9.47 Å². The number of benzene rings is 3. The molecule has 0 heterocycles. The van der Waals surface area contributed by atoms with Crippen molar-refractivity contribution in [1.82, 2.24) is 0 Å². The first-order valence-corrected chi connectivity index (χ1v) is 8.83. The molecule has 3 aromatic rings. The van der Waals surface area contributed by atoms with Crippen LogP contribution in [-0.2, 0) is 11.3 Å². The zero-order chi connectivity index (χ0) is 19.9. The fraction of sp³-hybridized carbons (Fsp3) is 0.130. The fourth-order valence-corrected chi connectivity index (χ4v) is 2.60. The molecular formula is C23H21NO4. The Bertz CT molecular complexity index is 963. The minimum Gasteiger partial charge on any atom is -0.489 e. The molecule has 5 nitrogen and oxygen atoms in total. The van der Waals surface area contributed by atoms with Crippen molar-refractivity contribution < 1.29 is 19.1 Å². The average molecular weight is 375 g/mol. The second kappa shape index (κ2) is 8.86. The van der Waals surface area contributed by atoms with Crippen molar-refractivity contribution in [2.24, 2.45) is 0 Å². The molecule has 1 N–H and O–H groups in total. The highest BCUT2D eigenvalue weighted by Gasteiger charge is 2.09. The molecular weight excluding hydrogens is 354 g/mol. The molecule has 0 aromatic heterocycles. The van der Waals surface area contributed by atoms with Crippen molar-refractivity contribution >= 4 is 17.6 Å². The molecule has 0 saturated heterocycles. The molecule has 3 aromatic carbocycles. The Morgan fingerprint density at radius 2 is 1.61 bits per heavy atom. The maximum atomic E-state index is 12.4. The summed E-state index contributed by atoms with van der Waals surface area (Å²) in [5, 5.41) is 2.78. The lowest BCUT2D eigenvalue weighted by atomic mass is 10.1. The van der Waals surface area contributed by atoms with Crippen molar-refractivity contribution in [3.05, 3.63) is 95.1 Å². The summed E-state index contributed by atoms with van der Waals surface area (Å²) in [5.74, 6) is 0.0972. The van der Waals surface area contributed by atoms with Crippen molar-refractivity contribution in [1.29, 1.82) is 0 Å². The van der Waals surface area contributed by atoms with Crippen molar-refractivity contribution in [2.75, 3.05) is 12.4 Å². The highest BCUT2D eigenvalue weighted by atomic mass is 16.5. The van der Waals surface area contributed by atoms with Gasteiger partial charge in [-0.15, -0.1) is 0 Å². The van der Waals surface area contributed by atoms with Gasteiger partial charge >= 0.3 is 5.97 Å². The van der Waals surface area contributed by atoms with Gasteiger partial charge in [-0.25, -0.2) is 4.79 Å². The topological polar surface area (TPSA) is 64.6 Å². The Hall–Kier alpha value is -3.60. The van der Waals surface area contributed by atoms with Crippen molar-refractivity contribution in [3.8, 4) is 5.75 Å². The van der Waals surface area contributed by atoms with E-state index in [1.807, 2.05) is 43.3 Å². The monoisotopic (exact) mass is 375 g/mol. The van der Waals surface area contributed by atoms with E-state index in [1.54, 1.807) is 36.4 Å². The Morgan fingerprint density at radius 1 is 0.893 bits per heavy atom. The summed E-state index contributed by atoms with van der Waals surface area (Å²) in [6, 6.07) is 21.7. The number of hydrogen-bond donors (Lipinski definition) is 1. The number of nitrogens with one attached hydrogen (secondary N) is 1. The van der Waals surface area contributed by atoms with Crippen LogP contribution in [0.4, 0.5) is 5.69 Å². The predicted molar refractivity (Wildman–Crippen MR) is 108 cm³/mol. The standard InChI is InChI=1S/C23H21NO4/c1-16-6-12-21(13-7-16)28-15-17-8-10-18(11-9-17)22(25)24-20-5-3-4-19(14-20)23(26)27-2/h3-14H,15H2,1-2H3,(H,24,25). The number of aryl methyl sites for hydroxylation is 1. The van der Waals surface area contributed by atoms with Crippen LogP contribution >= 0.6 is 0 Å². The lowest BCUT2D eigenvalue weighted by molar-refractivity contribution is 0.0600. The van der Waals surface area contributed by atoms with E-state index in [2.05, 4.69) is 5.32 Å². The van der Waals surface area contributed by atoms with Gasteiger partial charge in [0.2, 0.25) is 0 Å². The summed E-state index contributed by atoms with van der Waals surface area (Å²) in [6.07, 6.45) is 0. The van der Waals surface area contributed by atoms with E-state index in [0.29, 0.717) is 23.4 Å². The quantitative estimate of drug-likeness (QED) is 0.639. The molecule has 0 fully saturated rings. The molecule has 5 heteroatoms. The first-order valence-electron chi connectivity index (χ1n) is 8.83. The summed E-state index contributed by atoms with van der Waals surface area (Å²) in [5.41, 5.74) is 3.57. The third kappa shape index (κ3) is 4.98. The number of methoxy groups -OCH3 is 1. The zero-order valence-corrected chi connectivity index (χ0v) is 15.8. The molecule has 0 aliphatic heterocycles. The lowest BCUT2D eigenvalue weighted by Crippen LogP contribution is -2.12. The number of hydrogen-bond acceptors (Lipinski definition) is 4. The number of carbonyl (C=O) groups excluding carboxylic acids is 2. The summed E-state index contributed by atoms with van der Waals surface area (Å²) < 4.78 is 10.4. The van der Waals surface area contributed by atoms with Crippen LogP contribution < -0.4 is 10.1 Å². The summed E-state index contributed by atoms with van der Waals surface area (Å²) in [7, 11) is 1.32. The van der Waals surface area contributed by atoms with Gasteiger partial charge in [-0.3, -0.25) is 4.79 Å². The summed E-state index contributed by atoms with van der Waals surface area (Å²) >= 11 is 0. The third-order valence-corrected chi connectivity index (χ3v) is 4.18. The minimum atomic E-state index is -0.450. The van der Waals surface area contributed by atoms with Gasteiger partial charge in [0.1, 0.15) is 12.4 Å². The van der Waals surface area contributed by atoms with Crippen LogP contribution in [0.25, 0.3) is 0 Å². The van der Waals surface area contributed by atoms with E-state index in [1.165, 1.54) is 12.7 Å². The number of esters is 1. The SMILES string of the molecule is COC(=O)c1cccc(NC(=O)c2ccc(COc3ccc(C)cc3)cc2)c1. The fourth-order valence-electron chi connectivity index (χ4n) is 2.60. The highest BCUT2D eigenvalue weighted by molar-refractivity contribution is 6.04. The first kappa shape index (κ1) is 19.2. The van der Waals surface area contributed by atoms with Gasteiger partial charge in [-0.05, 0) is 55.0 Å². The van der Waals surface area contributed by atoms with Gasteiger partial charge in [0.15, 0.2) is 0 Å². The van der Waals surface area contributed by atoms with Crippen LogP contribution in [-0.4, -0.2) is 19.0 Å². The maximum Gasteiger partial charge on any atom is 0.337 e. The molecule has 28 heavy (non-hydrogen) atoms. The lowest BCUT2D eigenvalue weighted by Gasteiger charge is -2.09. The van der Waals surface area contributed by atoms with Crippen molar-refractivity contribution in [2.45, 2.75) is 13.5 Å². The summed E-state index contributed by atoms with van der Waals surface area (Å²) in [4.78, 5) is 24.0. The van der Waals surface area contributed by atoms with Crippen LogP contribution in [0.5, 0.6) is 5.75 Å². The van der Waals surface area contributed by atoms with Gasteiger partial charge in [0.25, 0.3) is 5.91 Å². The molecule has 0 spiro atoms. The van der Waals surface area contributed by atoms with Crippen molar-refractivity contribution in [3.63, 3.8) is 0 Å². The van der Waals surface area contributed by atoms with Gasteiger partial charge < -0.3 is 14.8 Å². The smallest absolute Gasteiger partial charge is 0.337 e. The number of anilines is 1. The number of amides is 1. The Balaban J connectivity index is 1.60. The number of rotatable bonds is 6. The molecule has 0 aliphatic rings. The molecule has 142 valence electrons. The van der Waals surface area contributed by atoms with Crippen LogP contribution in [0.2, 0.25) is 0 Å². The maximum absolute atomic E-state index is 12.4. The minimum absolute atomic E-state index is 0.256. The normalized spacial score (nSPS) is 10.2. The third-order valence-electron chi connectivity index (χ3n) is 4.18. The number of ether oxygens (including phenoxy) is 2. The van der Waals surface area contributed by atoms with E-state index in [-0.39, 0.29) is 5.91 Å². The molecule has 0 atom stereocenters. The van der Waals surface area contributed by atoms with Gasteiger partial charge in [0, 0.05) is 11.3 Å². The second-order valence-electron chi connectivity index (χ2n) is 6.33. The van der Waals surface area contributed by atoms with Crippen LogP contribution in [0.1, 0.15) is 31.8 Å². The van der Waals surface area contributed by atoms with Gasteiger partial charge in [0.05, 0.1) is 12.7 Å². The van der Waals surface area contributed by atoms with E-state index in [0.717, 1.165) is 11.3 Å². The molecule has 0 unspecified atom stereocenters. The van der Waals surface area contributed by atoms with E-state index >= 15 is 0 Å².